The van der Waals surface area contributed by atoms with Gasteiger partial charge in [-0.05, 0) is 55.0 Å². The fourth-order valence-corrected chi connectivity index (χ4v) is 2.90. The van der Waals surface area contributed by atoms with Crippen LogP contribution in [0.1, 0.15) is 22.8 Å². The molecule has 0 unspecified atom stereocenters. The molecule has 1 aliphatic heterocycles. The molecule has 0 bridgehead atoms. The second-order valence-electron chi connectivity index (χ2n) is 6.31. The van der Waals surface area contributed by atoms with Gasteiger partial charge in [-0.25, -0.2) is 4.79 Å². The molecule has 2 aromatic carbocycles. The predicted octanol–water partition coefficient (Wildman–Crippen LogP) is 3.91. The minimum absolute atomic E-state index is 0.148. The van der Waals surface area contributed by atoms with Crippen molar-refractivity contribution < 1.29 is 14.7 Å². The topological polar surface area (TPSA) is 73.2 Å². The number of hydrogen-bond donors (Lipinski definition) is 1. The maximum atomic E-state index is 12.8. The molecule has 0 aliphatic carbocycles. The third kappa shape index (κ3) is 3.71. The highest BCUT2D eigenvalue weighted by atomic mass is 35.5. The largest absolute Gasteiger partial charge is 0.478 e. The molecule has 0 saturated heterocycles. The highest BCUT2D eigenvalue weighted by Gasteiger charge is 2.29. The Bertz CT molecular complexity index is 978. The first-order valence-electron chi connectivity index (χ1n) is 8.20. The van der Waals surface area contributed by atoms with Crippen molar-refractivity contribution in [1.82, 2.24) is 0 Å². The standard InChI is InChI=1S/C20H18ClN3O3/c1-12-17(10-14-6-9-16(23(2)3)11-18(14)21)19(25)24(22-12)15-7-4-13(5-8-15)20(26)27/h4-11H,1-3H3,(H,26,27)/b17-10-. The number of carbonyl (C=O) groups excluding carboxylic acids is 1. The van der Waals surface area contributed by atoms with Gasteiger partial charge in [0.25, 0.3) is 5.91 Å². The molecule has 138 valence electrons. The molecule has 0 saturated carbocycles. The van der Waals surface area contributed by atoms with E-state index in [1.54, 1.807) is 25.1 Å². The van der Waals surface area contributed by atoms with E-state index in [0.29, 0.717) is 22.0 Å². The van der Waals surface area contributed by atoms with Crippen LogP contribution < -0.4 is 9.91 Å². The van der Waals surface area contributed by atoms with E-state index in [4.69, 9.17) is 16.7 Å². The average molecular weight is 384 g/mol. The van der Waals surface area contributed by atoms with Gasteiger partial charge in [0, 0.05) is 24.8 Å². The Hall–Kier alpha value is -3.12. The highest BCUT2D eigenvalue weighted by Crippen LogP contribution is 2.28. The van der Waals surface area contributed by atoms with Crippen LogP contribution >= 0.6 is 11.6 Å². The van der Waals surface area contributed by atoms with Crippen LogP contribution in [0.25, 0.3) is 6.08 Å². The molecule has 3 rings (SSSR count). The second kappa shape index (κ2) is 7.25. The molecule has 1 N–H and O–H groups in total. The zero-order valence-corrected chi connectivity index (χ0v) is 15.9. The molecule has 6 nitrogen and oxygen atoms in total. The number of carbonyl (C=O) groups is 2. The van der Waals surface area contributed by atoms with Gasteiger partial charge in [-0.15, -0.1) is 0 Å². The molecule has 0 spiro atoms. The number of hydrazone groups is 1. The molecule has 1 amide bonds. The molecular weight excluding hydrogens is 366 g/mol. The summed E-state index contributed by atoms with van der Waals surface area (Å²) in [6.45, 7) is 1.75. The summed E-state index contributed by atoms with van der Waals surface area (Å²) in [5, 5.41) is 15.1. The molecule has 1 aliphatic rings. The number of hydrogen-bond acceptors (Lipinski definition) is 4. The van der Waals surface area contributed by atoms with Gasteiger partial charge < -0.3 is 10.0 Å². The van der Waals surface area contributed by atoms with Gasteiger partial charge in [-0.3, -0.25) is 4.79 Å². The lowest BCUT2D eigenvalue weighted by Gasteiger charge is -2.14. The summed E-state index contributed by atoms with van der Waals surface area (Å²) in [7, 11) is 3.85. The third-order valence-electron chi connectivity index (χ3n) is 4.22. The minimum atomic E-state index is -1.02. The van der Waals surface area contributed by atoms with E-state index in [9.17, 15) is 9.59 Å². The van der Waals surface area contributed by atoms with Crippen LogP contribution in [-0.2, 0) is 4.79 Å². The highest BCUT2D eigenvalue weighted by molar-refractivity contribution is 6.35. The van der Waals surface area contributed by atoms with Crippen LogP contribution in [-0.4, -0.2) is 36.8 Å². The summed E-state index contributed by atoms with van der Waals surface area (Å²) in [4.78, 5) is 25.7. The van der Waals surface area contributed by atoms with Crippen molar-refractivity contribution in [1.29, 1.82) is 0 Å². The van der Waals surface area contributed by atoms with E-state index in [0.717, 1.165) is 11.3 Å². The smallest absolute Gasteiger partial charge is 0.335 e. The predicted molar refractivity (Wildman–Crippen MR) is 108 cm³/mol. The van der Waals surface area contributed by atoms with Gasteiger partial charge in [0.05, 0.1) is 22.5 Å². The summed E-state index contributed by atoms with van der Waals surface area (Å²) in [6, 6.07) is 11.6. The number of halogens is 1. The first-order chi connectivity index (χ1) is 12.8. The molecular formula is C20H18ClN3O3. The Labute approximate surface area is 162 Å². The number of amides is 1. The Balaban J connectivity index is 1.91. The first kappa shape index (κ1) is 18.7. The molecule has 0 aromatic heterocycles. The second-order valence-corrected chi connectivity index (χ2v) is 6.72. The molecule has 0 radical (unpaired) electrons. The molecule has 27 heavy (non-hydrogen) atoms. The van der Waals surface area contributed by atoms with E-state index in [2.05, 4.69) is 5.10 Å². The van der Waals surface area contributed by atoms with Gasteiger partial charge in [-0.2, -0.15) is 10.1 Å². The van der Waals surface area contributed by atoms with Crippen LogP contribution in [0.2, 0.25) is 5.02 Å². The van der Waals surface area contributed by atoms with Gasteiger partial charge in [0.1, 0.15) is 0 Å². The number of anilines is 2. The average Bonchev–Trinajstić information content (AvgIpc) is 2.91. The summed E-state index contributed by atoms with van der Waals surface area (Å²) in [6.07, 6.45) is 1.72. The van der Waals surface area contributed by atoms with Gasteiger partial charge in [0.2, 0.25) is 0 Å². The van der Waals surface area contributed by atoms with Crippen LogP contribution in [0, 0.1) is 0 Å². The number of nitrogens with zero attached hydrogens (tertiary/aromatic N) is 3. The van der Waals surface area contributed by atoms with Crippen molar-refractivity contribution in [2.75, 3.05) is 24.0 Å². The summed E-state index contributed by atoms with van der Waals surface area (Å²) < 4.78 is 0. The summed E-state index contributed by atoms with van der Waals surface area (Å²) >= 11 is 6.36. The Kier molecular flexibility index (Phi) is 5.01. The van der Waals surface area contributed by atoms with E-state index >= 15 is 0 Å². The van der Waals surface area contributed by atoms with Crippen molar-refractivity contribution in [3.05, 3.63) is 64.2 Å². The maximum absolute atomic E-state index is 12.8. The van der Waals surface area contributed by atoms with E-state index in [1.807, 2.05) is 37.2 Å². The van der Waals surface area contributed by atoms with E-state index in [1.165, 1.54) is 17.1 Å². The van der Waals surface area contributed by atoms with E-state index in [-0.39, 0.29) is 11.5 Å². The summed E-state index contributed by atoms with van der Waals surface area (Å²) in [5.74, 6) is -1.31. The molecule has 2 aromatic rings. The minimum Gasteiger partial charge on any atom is -0.478 e. The fraction of sp³-hybridized carbons (Fsp3) is 0.150. The molecule has 0 fully saturated rings. The van der Waals surface area contributed by atoms with Crippen molar-refractivity contribution in [3.8, 4) is 0 Å². The van der Waals surface area contributed by atoms with Crippen LogP contribution in [0.4, 0.5) is 11.4 Å². The Morgan fingerprint density at radius 3 is 2.41 bits per heavy atom. The fourth-order valence-electron chi connectivity index (χ4n) is 2.67. The first-order valence-corrected chi connectivity index (χ1v) is 8.57. The van der Waals surface area contributed by atoms with Gasteiger partial charge in [-0.1, -0.05) is 17.7 Å². The quantitative estimate of drug-likeness (QED) is 0.812. The lowest BCUT2D eigenvalue weighted by molar-refractivity contribution is -0.114. The number of benzene rings is 2. The van der Waals surface area contributed by atoms with Gasteiger partial charge >= 0.3 is 5.97 Å². The SMILES string of the molecule is CC1=NN(c2ccc(C(=O)O)cc2)C(=O)/C1=C\c1ccc(N(C)C)cc1Cl. The monoisotopic (exact) mass is 383 g/mol. The Morgan fingerprint density at radius 1 is 1.19 bits per heavy atom. The van der Waals surface area contributed by atoms with Crippen molar-refractivity contribution in [2.24, 2.45) is 5.10 Å². The maximum Gasteiger partial charge on any atom is 0.335 e. The zero-order chi connectivity index (χ0) is 19.7. The van der Waals surface area contributed by atoms with Crippen LogP contribution in [0.3, 0.4) is 0 Å². The molecule has 0 atom stereocenters. The van der Waals surface area contributed by atoms with Crippen LogP contribution in [0.5, 0.6) is 0 Å². The lowest BCUT2D eigenvalue weighted by atomic mass is 10.1. The molecule has 1 heterocycles. The third-order valence-corrected chi connectivity index (χ3v) is 4.55. The van der Waals surface area contributed by atoms with Crippen molar-refractivity contribution >= 4 is 46.6 Å². The van der Waals surface area contributed by atoms with Crippen molar-refractivity contribution in [2.45, 2.75) is 6.92 Å². The van der Waals surface area contributed by atoms with E-state index < -0.39 is 5.97 Å². The lowest BCUT2D eigenvalue weighted by Crippen LogP contribution is -2.21. The number of aromatic carboxylic acids is 1. The molecule has 7 heteroatoms. The number of rotatable bonds is 4. The summed E-state index contributed by atoms with van der Waals surface area (Å²) in [5.41, 5.74) is 3.34. The zero-order valence-electron chi connectivity index (χ0n) is 15.1. The Morgan fingerprint density at radius 2 is 1.85 bits per heavy atom. The normalized spacial score (nSPS) is 15.3. The number of carboxylic acids is 1. The number of carboxylic acid groups (broad SMARTS) is 1. The van der Waals surface area contributed by atoms with Gasteiger partial charge in [0.15, 0.2) is 0 Å². The van der Waals surface area contributed by atoms with Crippen LogP contribution in [0.15, 0.2) is 53.1 Å². The van der Waals surface area contributed by atoms with Crippen molar-refractivity contribution in [3.63, 3.8) is 0 Å².